The van der Waals surface area contributed by atoms with Crippen LogP contribution < -0.4 is 15.9 Å². The second-order valence-electron chi connectivity index (χ2n) is 5.37. The number of primary amides is 1. The molecular weight excluding hydrogens is 324 g/mol. The minimum Gasteiger partial charge on any atom is -0.465 e. The molecule has 25 heavy (non-hydrogen) atoms. The van der Waals surface area contributed by atoms with Crippen LogP contribution in [-0.2, 0) is 11.3 Å². The SMILES string of the molecule is COC(=O)c1ccc2c(=O)[nH]c(C[n+]3cccc(C(N)=O)c3)nc2c1. The van der Waals surface area contributed by atoms with Crippen LogP contribution >= 0.6 is 0 Å². The van der Waals surface area contributed by atoms with E-state index >= 15 is 0 Å². The van der Waals surface area contributed by atoms with Crippen LogP contribution in [-0.4, -0.2) is 29.0 Å². The molecule has 0 unspecified atom stereocenters. The van der Waals surface area contributed by atoms with E-state index in [-0.39, 0.29) is 12.1 Å². The van der Waals surface area contributed by atoms with Gasteiger partial charge in [0.1, 0.15) is 5.56 Å². The number of methoxy groups -OCH3 is 1. The van der Waals surface area contributed by atoms with Gasteiger partial charge in [-0.1, -0.05) is 0 Å². The number of esters is 1. The highest BCUT2D eigenvalue weighted by Gasteiger charge is 2.13. The van der Waals surface area contributed by atoms with Crippen LogP contribution in [0.3, 0.4) is 0 Å². The van der Waals surface area contributed by atoms with E-state index in [0.29, 0.717) is 27.9 Å². The number of nitrogens with two attached hydrogens (primary N) is 1. The highest BCUT2D eigenvalue weighted by molar-refractivity contribution is 5.94. The molecule has 0 saturated heterocycles. The standard InChI is InChI=1S/C17H14N4O4/c1-25-17(24)10-4-5-12-13(7-10)19-14(20-16(12)23)9-21-6-2-3-11(8-21)15(18)22/h2-8H,9H2,1H3,(H2-,18,19,20,22,23)/p+1. The summed E-state index contributed by atoms with van der Waals surface area (Å²) in [6, 6.07) is 7.81. The lowest BCUT2D eigenvalue weighted by atomic mass is 10.1. The Balaban J connectivity index is 2.02. The van der Waals surface area contributed by atoms with Crippen molar-refractivity contribution < 1.29 is 18.9 Å². The number of nitrogens with one attached hydrogen (secondary N) is 1. The minimum absolute atomic E-state index is 0.231. The van der Waals surface area contributed by atoms with Gasteiger partial charge in [-0.05, 0) is 24.3 Å². The zero-order valence-electron chi connectivity index (χ0n) is 13.4. The summed E-state index contributed by atoms with van der Waals surface area (Å²) in [4.78, 5) is 42.2. The molecule has 1 amide bonds. The summed E-state index contributed by atoms with van der Waals surface area (Å²) in [5.41, 5.74) is 5.98. The zero-order chi connectivity index (χ0) is 18.0. The predicted octanol–water partition coefficient (Wildman–Crippen LogP) is 0.144. The summed E-state index contributed by atoms with van der Waals surface area (Å²) in [6.45, 7) is 0.231. The number of pyridine rings is 1. The molecule has 0 fully saturated rings. The number of ether oxygens (including phenoxy) is 1. The van der Waals surface area contributed by atoms with E-state index < -0.39 is 11.9 Å². The number of aromatic amines is 1. The number of amides is 1. The molecule has 3 rings (SSSR count). The maximum Gasteiger partial charge on any atom is 0.337 e. The Morgan fingerprint density at radius 1 is 1.28 bits per heavy atom. The number of rotatable bonds is 4. The largest absolute Gasteiger partial charge is 0.465 e. The van der Waals surface area contributed by atoms with Crippen LogP contribution in [0.15, 0.2) is 47.5 Å². The molecule has 0 atom stereocenters. The maximum absolute atomic E-state index is 12.2. The summed E-state index contributed by atoms with van der Waals surface area (Å²) in [5.74, 6) is -0.669. The van der Waals surface area contributed by atoms with Gasteiger partial charge < -0.3 is 15.5 Å². The smallest absolute Gasteiger partial charge is 0.337 e. The first-order valence-electron chi connectivity index (χ1n) is 7.38. The van der Waals surface area contributed by atoms with E-state index in [1.54, 1.807) is 29.1 Å². The molecule has 0 aliphatic heterocycles. The number of carbonyl (C=O) groups excluding carboxylic acids is 2. The van der Waals surface area contributed by atoms with E-state index in [9.17, 15) is 14.4 Å². The first-order chi connectivity index (χ1) is 12.0. The maximum atomic E-state index is 12.2. The highest BCUT2D eigenvalue weighted by Crippen LogP contribution is 2.11. The lowest BCUT2D eigenvalue weighted by Gasteiger charge is -2.03. The Morgan fingerprint density at radius 2 is 2.08 bits per heavy atom. The van der Waals surface area contributed by atoms with Gasteiger partial charge in [-0.25, -0.2) is 9.78 Å². The molecular formula is C17H15N4O4+. The molecule has 2 heterocycles. The van der Waals surface area contributed by atoms with Gasteiger partial charge in [0.25, 0.3) is 11.5 Å². The van der Waals surface area contributed by atoms with Crippen LogP contribution in [0.2, 0.25) is 0 Å². The molecule has 2 aromatic heterocycles. The highest BCUT2D eigenvalue weighted by atomic mass is 16.5. The first-order valence-corrected chi connectivity index (χ1v) is 7.38. The quantitative estimate of drug-likeness (QED) is 0.518. The van der Waals surface area contributed by atoms with E-state index in [1.807, 2.05) is 0 Å². The summed E-state index contributed by atoms with van der Waals surface area (Å²) in [6.07, 6.45) is 3.29. The molecule has 0 bridgehead atoms. The van der Waals surface area contributed by atoms with Crippen molar-refractivity contribution in [2.24, 2.45) is 5.73 Å². The molecule has 126 valence electrons. The number of hydrogen-bond donors (Lipinski definition) is 2. The second-order valence-corrected chi connectivity index (χ2v) is 5.37. The Labute approximate surface area is 141 Å². The molecule has 0 saturated carbocycles. The van der Waals surface area contributed by atoms with Crippen molar-refractivity contribution in [3.8, 4) is 0 Å². The van der Waals surface area contributed by atoms with E-state index in [1.165, 1.54) is 25.3 Å². The van der Waals surface area contributed by atoms with Gasteiger partial charge in [-0.2, -0.15) is 4.57 Å². The van der Waals surface area contributed by atoms with Gasteiger partial charge in [-0.3, -0.25) is 9.59 Å². The van der Waals surface area contributed by atoms with E-state index in [4.69, 9.17) is 5.73 Å². The Hall–Kier alpha value is -3.55. The third-order valence-corrected chi connectivity index (χ3v) is 3.65. The number of hydrogen-bond acceptors (Lipinski definition) is 5. The monoisotopic (exact) mass is 339 g/mol. The van der Waals surface area contributed by atoms with Crippen molar-refractivity contribution in [2.45, 2.75) is 6.54 Å². The number of nitrogens with zero attached hydrogens (tertiary/aromatic N) is 2. The van der Waals surface area contributed by atoms with Crippen molar-refractivity contribution >= 4 is 22.8 Å². The number of H-pyrrole nitrogens is 1. The number of carbonyl (C=O) groups is 2. The fourth-order valence-electron chi connectivity index (χ4n) is 2.45. The normalized spacial score (nSPS) is 10.6. The number of aromatic nitrogens is 3. The van der Waals surface area contributed by atoms with Gasteiger partial charge in [0.15, 0.2) is 18.2 Å². The van der Waals surface area contributed by atoms with Gasteiger partial charge in [0.2, 0.25) is 6.54 Å². The molecule has 3 N–H and O–H groups in total. The Morgan fingerprint density at radius 3 is 2.80 bits per heavy atom. The molecule has 0 spiro atoms. The van der Waals surface area contributed by atoms with E-state index in [2.05, 4.69) is 14.7 Å². The van der Waals surface area contributed by atoms with Crippen molar-refractivity contribution in [1.29, 1.82) is 0 Å². The lowest BCUT2D eigenvalue weighted by molar-refractivity contribution is -0.689. The van der Waals surface area contributed by atoms with Crippen molar-refractivity contribution in [2.75, 3.05) is 7.11 Å². The average Bonchev–Trinajstić information content (AvgIpc) is 2.60. The van der Waals surface area contributed by atoms with Crippen LogP contribution in [0, 0.1) is 0 Å². The fraction of sp³-hybridized carbons (Fsp3) is 0.118. The Bertz CT molecular complexity index is 1040. The third kappa shape index (κ3) is 3.37. The summed E-state index contributed by atoms with van der Waals surface area (Å²) < 4.78 is 6.35. The average molecular weight is 339 g/mol. The van der Waals surface area contributed by atoms with Gasteiger partial charge >= 0.3 is 5.97 Å². The number of benzene rings is 1. The molecule has 0 aliphatic rings. The first kappa shape index (κ1) is 16.3. The van der Waals surface area contributed by atoms with Crippen molar-refractivity contribution in [3.05, 3.63) is 70.0 Å². The summed E-state index contributed by atoms with van der Waals surface area (Å²) in [7, 11) is 1.28. The van der Waals surface area contributed by atoms with Crippen molar-refractivity contribution in [1.82, 2.24) is 9.97 Å². The molecule has 1 aromatic carbocycles. The lowest BCUT2D eigenvalue weighted by Crippen LogP contribution is -2.36. The zero-order valence-corrected chi connectivity index (χ0v) is 13.4. The van der Waals surface area contributed by atoms with Gasteiger partial charge in [0.05, 0.1) is 23.6 Å². The summed E-state index contributed by atoms with van der Waals surface area (Å²) >= 11 is 0. The summed E-state index contributed by atoms with van der Waals surface area (Å²) in [5, 5.41) is 0.368. The molecule has 8 nitrogen and oxygen atoms in total. The van der Waals surface area contributed by atoms with Crippen LogP contribution in [0.25, 0.3) is 10.9 Å². The van der Waals surface area contributed by atoms with Crippen LogP contribution in [0.5, 0.6) is 0 Å². The van der Waals surface area contributed by atoms with Crippen LogP contribution in [0.1, 0.15) is 26.5 Å². The van der Waals surface area contributed by atoms with Gasteiger partial charge in [-0.15, -0.1) is 0 Å². The topological polar surface area (TPSA) is 119 Å². The predicted molar refractivity (Wildman–Crippen MR) is 88.0 cm³/mol. The molecule has 0 aliphatic carbocycles. The third-order valence-electron chi connectivity index (χ3n) is 3.65. The molecule has 8 heteroatoms. The molecule has 3 aromatic rings. The number of fused-ring (bicyclic) bond motifs is 1. The second kappa shape index (κ2) is 6.52. The van der Waals surface area contributed by atoms with Crippen molar-refractivity contribution in [3.63, 3.8) is 0 Å². The molecule has 0 radical (unpaired) electrons. The van der Waals surface area contributed by atoms with Crippen LogP contribution in [0.4, 0.5) is 0 Å². The fourth-order valence-corrected chi connectivity index (χ4v) is 2.45. The van der Waals surface area contributed by atoms with Gasteiger partial charge in [0, 0.05) is 6.07 Å². The Kier molecular flexibility index (Phi) is 4.25. The van der Waals surface area contributed by atoms with E-state index in [0.717, 1.165) is 0 Å². The minimum atomic E-state index is -0.544.